The number of hydrogen-bond donors (Lipinski definition) is 1. The second-order valence-corrected chi connectivity index (χ2v) is 3.33. The van der Waals surface area contributed by atoms with Crippen LogP contribution in [0.15, 0.2) is 27.8 Å². The van der Waals surface area contributed by atoms with Gasteiger partial charge in [0.05, 0.1) is 11.8 Å². The van der Waals surface area contributed by atoms with E-state index in [4.69, 9.17) is 5.84 Å². The minimum atomic E-state index is -4.42. The lowest BCUT2D eigenvalue weighted by atomic mass is 10.1. The third kappa shape index (κ3) is 2.25. The lowest BCUT2D eigenvalue weighted by Crippen LogP contribution is -2.10. The minimum absolute atomic E-state index is 0.0256. The predicted octanol–water partition coefficient (Wildman–Crippen LogP) is 2.76. The third-order valence-corrected chi connectivity index (χ3v) is 2.20. The lowest BCUT2D eigenvalue weighted by Gasteiger charge is -2.11. The minimum Gasteiger partial charge on any atom is -0.323 e. The number of alkyl halides is 3. The second kappa shape index (κ2) is 4.00. The van der Waals surface area contributed by atoms with Crippen LogP contribution in [0.5, 0.6) is 0 Å². The van der Waals surface area contributed by atoms with E-state index >= 15 is 0 Å². The van der Waals surface area contributed by atoms with Crippen LogP contribution in [0.3, 0.4) is 0 Å². The molecule has 1 aromatic carbocycles. The quantitative estimate of drug-likeness (QED) is 0.474. The molecule has 76 valence electrons. The van der Waals surface area contributed by atoms with Crippen molar-refractivity contribution in [3.63, 3.8) is 0 Å². The zero-order chi connectivity index (χ0) is 10.8. The lowest BCUT2D eigenvalue weighted by molar-refractivity contribution is -0.138. The van der Waals surface area contributed by atoms with Crippen LogP contribution in [0.4, 0.5) is 13.2 Å². The first-order chi connectivity index (χ1) is 6.46. The summed E-state index contributed by atoms with van der Waals surface area (Å²) < 4.78 is 37.5. The molecule has 0 saturated heterocycles. The zero-order valence-corrected chi connectivity index (χ0v) is 8.43. The summed E-state index contributed by atoms with van der Waals surface area (Å²) in [6.45, 7) is 0. The van der Waals surface area contributed by atoms with Crippen molar-refractivity contribution in [1.29, 1.82) is 0 Å². The highest BCUT2D eigenvalue weighted by atomic mass is 79.9. The van der Waals surface area contributed by atoms with Crippen LogP contribution in [0.25, 0.3) is 0 Å². The van der Waals surface area contributed by atoms with Gasteiger partial charge in [-0.1, -0.05) is 28.1 Å². The van der Waals surface area contributed by atoms with Gasteiger partial charge in [-0.15, -0.1) is 0 Å². The molecule has 0 saturated carbocycles. The Bertz CT molecular complexity index is 360. The largest absolute Gasteiger partial charge is 0.418 e. The number of hydrazone groups is 1. The summed E-state index contributed by atoms with van der Waals surface area (Å²) in [5.41, 5.74) is -0.830. The van der Waals surface area contributed by atoms with E-state index in [1.807, 2.05) is 0 Å². The first-order valence-corrected chi connectivity index (χ1v) is 4.35. The van der Waals surface area contributed by atoms with Gasteiger partial charge in [0, 0.05) is 10.0 Å². The molecule has 6 heteroatoms. The molecule has 0 bridgehead atoms. The highest BCUT2D eigenvalue weighted by Crippen LogP contribution is 2.36. The molecule has 0 aliphatic rings. The molecular formula is C8H6BrF3N2. The van der Waals surface area contributed by atoms with Gasteiger partial charge < -0.3 is 5.84 Å². The Hall–Kier alpha value is -1.04. The summed E-state index contributed by atoms with van der Waals surface area (Å²) in [6.07, 6.45) is -3.45. The molecule has 0 radical (unpaired) electrons. The van der Waals surface area contributed by atoms with Gasteiger partial charge in [-0.25, -0.2) is 0 Å². The van der Waals surface area contributed by atoms with E-state index in [2.05, 4.69) is 21.0 Å². The summed E-state index contributed by atoms with van der Waals surface area (Å²) in [5.74, 6) is 4.81. The molecular weight excluding hydrogens is 261 g/mol. The van der Waals surface area contributed by atoms with Crippen molar-refractivity contribution in [1.82, 2.24) is 0 Å². The van der Waals surface area contributed by atoms with Gasteiger partial charge in [-0.05, 0) is 6.07 Å². The molecule has 0 aliphatic heterocycles. The summed E-state index contributed by atoms with van der Waals surface area (Å²) in [5, 5.41) is 3.08. The van der Waals surface area contributed by atoms with E-state index in [0.717, 1.165) is 6.21 Å². The molecule has 1 rings (SSSR count). The maximum absolute atomic E-state index is 12.5. The van der Waals surface area contributed by atoms with Crippen LogP contribution in [0.1, 0.15) is 11.1 Å². The van der Waals surface area contributed by atoms with Crippen LogP contribution in [0.2, 0.25) is 0 Å². The van der Waals surface area contributed by atoms with E-state index in [1.165, 1.54) is 18.2 Å². The van der Waals surface area contributed by atoms with Gasteiger partial charge in [0.25, 0.3) is 0 Å². The van der Waals surface area contributed by atoms with Gasteiger partial charge in [0.2, 0.25) is 0 Å². The molecule has 0 amide bonds. The van der Waals surface area contributed by atoms with E-state index in [-0.39, 0.29) is 10.0 Å². The summed E-state index contributed by atoms with van der Waals surface area (Å²) in [7, 11) is 0. The van der Waals surface area contributed by atoms with Crippen LogP contribution in [-0.4, -0.2) is 6.21 Å². The molecule has 0 atom stereocenters. The molecule has 0 aromatic heterocycles. The van der Waals surface area contributed by atoms with Crippen molar-refractivity contribution in [2.75, 3.05) is 0 Å². The molecule has 2 nitrogen and oxygen atoms in total. The average molecular weight is 267 g/mol. The topological polar surface area (TPSA) is 38.4 Å². The van der Waals surface area contributed by atoms with Crippen LogP contribution >= 0.6 is 15.9 Å². The Kier molecular flexibility index (Phi) is 3.15. The summed E-state index contributed by atoms with van der Waals surface area (Å²) >= 11 is 2.83. The Labute approximate surface area is 86.7 Å². The molecule has 0 spiro atoms. The number of hydrogen-bond acceptors (Lipinski definition) is 2. The fourth-order valence-corrected chi connectivity index (χ4v) is 1.63. The number of nitrogens with two attached hydrogens (primary N) is 1. The third-order valence-electron chi connectivity index (χ3n) is 1.54. The predicted molar refractivity (Wildman–Crippen MR) is 50.9 cm³/mol. The van der Waals surface area contributed by atoms with E-state index in [1.54, 1.807) is 0 Å². The average Bonchev–Trinajstić information content (AvgIpc) is 2.02. The van der Waals surface area contributed by atoms with Gasteiger partial charge in [0.15, 0.2) is 0 Å². The molecule has 1 aromatic rings. The van der Waals surface area contributed by atoms with E-state index < -0.39 is 11.7 Å². The first kappa shape index (κ1) is 11.0. The summed E-state index contributed by atoms with van der Waals surface area (Å²) in [6, 6.07) is 4.09. The van der Waals surface area contributed by atoms with Gasteiger partial charge in [-0.3, -0.25) is 0 Å². The molecule has 14 heavy (non-hydrogen) atoms. The summed E-state index contributed by atoms with van der Waals surface area (Å²) in [4.78, 5) is 0. The second-order valence-electron chi connectivity index (χ2n) is 2.48. The fourth-order valence-electron chi connectivity index (χ4n) is 1.03. The van der Waals surface area contributed by atoms with E-state index in [0.29, 0.717) is 0 Å². The SMILES string of the molecule is NN=Cc1cccc(Br)c1C(F)(F)F. The number of nitrogens with zero attached hydrogens (tertiary/aromatic N) is 1. The Morgan fingerprint density at radius 1 is 1.36 bits per heavy atom. The van der Waals surface area contributed by atoms with Crippen molar-refractivity contribution in [2.24, 2.45) is 10.9 Å². The zero-order valence-electron chi connectivity index (χ0n) is 6.85. The number of benzene rings is 1. The van der Waals surface area contributed by atoms with Crippen LogP contribution < -0.4 is 5.84 Å². The van der Waals surface area contributed by atoms with Gasteiger partial charge >= 0.3 is 6.18 Å². The Morgan fingerprint density at radius 2 is 2.00 bits per heavy atom. The van der Waals surface area contributed by atoms with Gasteiger partial charge in [0.1, 0.15) is 0 Å². The van der Waals surface area contributed by atoms with Crippen molar-refractivity contribution in [2.45, 2.75) is 6.18 Å². The Balaban J connectivity index is 3.37. The molecule has 0 aliphatic carbocycles. The highest BCUT2D eigenvalue weighted by molar-refractivity contribution is 9.10. The van der Waals surface area contributed by atoms with Crippen molar-refractivity contribution in [3.8, 4) is 0 Å². The van der Waals surface area contributed by atoms with Crippen LogP contribution in [-0.2, 0) is 6.18 Å². The fraction of sp³-hybridized carbons (Fsp3) is 0.125. The molecule has 0 unspecified atom stereocenters. The highest BCUT2D eigenvalue weighted by Gasteiger charge is 2.35. The normalized spacial score (nSPS) is 12.3. The molecule has 2 N–H and O–H groups in total. The standard InChI is InChI=1S/C8H6BrF3N2/c9-6-3-1-2-5(4-14-13)7(6)8(10,11)12/h1-4H,13H2. The molecule has 0 fully saturated rings. The maximum Gasteiger partial charge on any atom is 0.418 e. The van der Waals surface area contributed by atoms with E-state index in [9.17, 15) is 13.2 Å². The molecule has 0 heterocycles. The smallest absolute Gasteiger partial charge is 0.323 e. The van der Waals surface area contributed by atoms with Crippen molar-refractivity contribution in [3.05, 3.63) is 33.8 Å². The van der Waals surface area contributed by atoms with Crippen molar-refractivity contribution >= 4 is 22.1 Å². The monoisotopic (exact) mass is 266 g/mol. The Morgan fingerprint density at radius 3 is 2.50 bits per heavy atom. The van der Waals surface area contributed by atoms with Crippen molar-refractivity contribution < 1.29 is 13.2 Å². The first-order valence-electron chi connectivity index (χ1n) is 3.56. The van der Waals surface area contributed by atoms with Gasteiger partial charge in [-0.2, -0.15) is 18.3 Å². The van der Waals surface area contributed by atoms with Crippen LogP contribution in [0, 0.1) is 0 Å². The maximum atomic E-state index is 12.5. The number of halogens is 4. The number of rotatable bonds is 1.